The van der Waals surface area contributed by atoms with E-state index in [0.29, 0.717) is 16.0 Å². The van der Waals surface area contributed by atoms with Crippen molar-refractivity contribution < 1.29 is 9.18 Å². The first-order chi connectivity index (χ1) is 9.08. The maximum atomic E-state index is 13.2. The Morgan fingerprint density at radius 3 is 2.47 bits per heavy atom. The SMILES string of the molecule is O=C(Nc1ccc(CCl)cc1)c1cc(F)cc(Br)c1. The lowest BCUT2D eigenvalue weighted by atomic mass is 10.2. The van der Waals surface area contributed by atoms with E-state index in [4.69, 9.17) is 11.6 Å². The van der Waals surface area contributed by atoms with E-state index < -0.39 is 5.82 Å². The summed E-state index contributed by atoms with van der Waals surface area (Å²) in [5, 5.41) is 2.69. The molecule has 0 saturated carbocycles. The van der Waals surface area contributed by atoms with Gasteiger partial charge in [-0.05, 0) is 35.9 Å². The minimum Gasteiger partial charge on any atom is -0.322 e. The standard InChI is InChI=1S/C14H10BrClFNO/c15-11-5-10(6-12(17)7-11)14(19)18-13-3-1-9(8-16)2-4-13/h1-7H,8H2,(H,18,19). The van der Waals surface area contributed by atoms with Crippen LogP contribution in [0.3, 0.4) is 0 Å². The third-order valence-electron chi connectivity index (χ3n) is 2.49. The molecule has 0 spiro atoms. The number of amides is 1. The Kier molecular flexibility index (Phi) is 4.56. The van der Waals surface area contributed by atoms with Crippen molar-refractivity contribution in [3.05, 3.63) is 63.9 Å². The minimum absolute atomic E-state index is 0.258. The van der Waals surface area contributed by atoms with Crippen molar-refractivity contribution >= 4 is 39.1 Å². The zero-order valence-electron chi connectivity index (χ0n) is 9.79. The van der Waals surface area contributed by atoms with Crippen LogP contribution in [0.5, 0.6) is 0 Å². The molecule has 1 amide bonds. The van der Waals surface area contributed by atoms with Gasteiger partial charge in [-0.3, -0.25) is 4.79 Å². The number of anilines is 1. The minimum atomic E-state index is -0.461. The van der Waals surface area contributed by atoms with Gasteiger partial charge in [0.05, 0.1) is 0 Å². The molecular formula is C14H10BrClFNO. The lowest BCUT2D eigenvalue weighted by Crippen LogP contribution is -2.12. The van der Waals surface area contributed by atoms with E-state index in [1.807, 2.05) is 12.1 Å². The highest BCUT2D eigenvalue weighted by Gasteiger charge is 2.08. The van der Waals surface area contributed by atoms with Gasteiger partial charge in [-0.15, -0.1) is 11.6 Å². The molecule has 1 N–H and O–H groups in total. The Hall–Kier alpha value is -1.39. The predicted octanol–water partition coefficient (Wildman–Crippen LogP) is 4.58. The van der Waals surface area contributed by atoms with Crippen LogP contribution in [0.4, 0.5) is 10.1 Å². The molecule has 2 rings (SSSR count). The zero-order chi connectivity index (χ0) is 13.8. The van der Waals surface area contributed by atoms with Gasteiger partial charge >= 0.3 is 0 Å². The lowest BCUT2D eigenvalue weighted by molar-refractivity contribution is 0.102. The first kappa shape index (κ1) is 14.0. The molecule has 0 bridgehead atoms. The van der Waals surface area contributed by atoms with Crippen molar-refractivity contribution in [3.63, 3.8) is 0 Å². The van der Waals surface area contributed by atoms with Gasteiger partial charge in [0.1, 0.15) is 5.82 Å². The molecule has 2 nitrogen and oxygen atoms in total. The quantitative estimate of drug-likeness (QED) is 0.813. The van der Waals surface area contributed by atoms with Crippen LogP contribution in [0.15, 0.2) is 46.9 Å². The van der Waals surface area contributed by atoms with Gasteiger partial charge in [0.15, 0.2) is 0 Å². The van der Waals surface area contributed by atoms with Gasteiger partial charge in [0, 0.05) is 21.6 Å². The van der Waals surface area contributed by atoms with Crippen LogP contribution in [-0.4, -0.2) is 5.91 Å². The fraction of sp³-hybridized carbons (Fsp3) is 0.0714. The van der Waals surface area contributed by atoms with Gasteiger partial charge in [0.2, 0.25) is 0 Å². The molecule has 0 heterocycles. The summed E-state index contributed by atoms with van der Waals surface area (Å²) >= 11 is 8.83. The van der Waals surface area contributed by atoms with E-state index in [2.05, 4.69) is 21.2 Å². The Bertz CT molecular complexity index is 581. The second-order valence-electron chi connectivity index (χ2n) is 3.94. The summed E-state index contributed by atoms with van der Waals surface area (Å²) < 4.78 is 13.7. The number of nitrogens with one attached hydrogen (secondary N) is 1. The molecule has 0 aliphatic carbocycles. The van der Waals surface area contributed by atoms with Gasteiger partial charge < -0.3 is 5.32 Å². The molecule has 5 heteroatoms. The largest absolute Gasteiger partial charge is 0.322 e. The number of alkyl halides is 1. The number of benzene rings is 2. The number of carbonyl (C=O) groups excluding carboxylic acids is 1. The number of halogens is 3. The molecule has 2 aromatic carbocycles. The highest BCUT2D eigenvalue weighted by atomic mass is 79.9. The monoisotopic (exact) mass is 341 g/mol. The molecule has 98 valence electrons. The molecule has 19 heavy (non-hydrogen) atoms. The molecule has 0 atom stereocenters. The smallest absolute Gasteiger partial charge is 0.255 e. The highest BCUT2D eigenvalue weighted by molar-refractivity contribution is 9.10. The number of rotatable bonds is 3. The Balaban J connectivity index is 2.15. The molecule has 0 unspecified atom stereocenters. The van der Waals surface area contributed by atoms with Crippen LogP contribution in [0, 0.1) is 5.82 Å². The lowest BCUT2D eigenvalue weighted by Gasteiger charge is -2.06. The Morgan fingerprint density at radius 1 is 1.21 bits per heavy atom. The average Bonchev–Trinajstić information content (AvgIpc) is 2.38. The number of hydrogen-bond donors (Lipinski definition) is 1. The first-order valence-electron chi connectivity index (χ1n) is 5.51. The normalized spacial score (nSPS) is 10.3. The zero-order valence-corrected chi connectivity index (χ0v) is 12.1. The summed E-state index contributed by atoms with van der Waals surface area (Å²) in [6.07, 6.45) is 0. The van der Waals surface area contributed by atoms with Crippen molar-refractivity contribution in [3.8, 4) is 0 Å². The molecule has 0 radical (unpaired) electrons. The van der Waals surface area contributed by atoms with Crippen LogP contribution in [0.25, 0.3) is 0 Å². The molecular weight excluding hydrogens is 333 g/mol. The maximum Gasteiger partial charge on any atom is 0.255 e. The van der Waals surface area contributed by atoms with E-state index >= 15 is 0 Å². The highest BCUT2D eigenvalue weighted by Crippen LogP contribution is 2.17. The molecule has 0 aliphatic heterocycles. The Morgan fingerprint density at radius 2 is 1.89 bits per heavy atom. The van der Waals surface area contributed by atoms with Gasteiger partial charge in [-0.1, -0.05) is 28.1 Å². The van der Waals surface area contributed by atoms with Crippen molar-refractivity contribution in [2.24, 2.45) is 0 Å². The van der Waals surface area contributed by atoms with Crippen LogP contribution in [-0.2, 0) is 5.88 Å². The van der Waals surface area contributed by atoms with Gasteiger partial charge in [-0.25, -0.2) is 4.39 Å². The van der Waals surface area contributed by atoms with E-state index in [0.717, 1.165) is 5.56 Å². The van der Waals surface area contributed by atoms with E-state index in [-0.39, 0.29) is 11.5 Å². The summed E-state index contributed by atoms with van der Waals surface area (Å²) in [4.78, 5) is 11.9. The summed E-state index contributed by atoms with van der Waals surface area (Å²) in [7, 11) is 0. The second kappa shape index (κ2) is 6.17. The van der Waals surface area contributed by atoms with Crippen molar-refractivity contribution in [1.82, 2.24) is 0 Å². The van der Waals surface area contributed by atoms with Crippen molar-refractivity contribution in [1.29, 1.82) is 0 Å². The third-order valence-corrected chi connectivity index (χ3v) is 3.26. The number of hydrogen-bond acceptors (Lipinski definition) is 1. The van der Waals surface area contributed by atoms with Crippen LogP contribution < -0.4 is 5.32 Å². The predicted molar refractivity (Wildman–Crippen MR) is 78.1 cm³/mol. The molecule has 0 aromatic heterocycles. The van der Waals surface area contributed by atoms with Gasteiger partial charge in [-0.2, -0.15) is 0 Å². The van der Waals surface area contributed by atoms with Crippen molar-refractivity contribution in [2.75, 3.05) is 5.32 Å². The van der Waals surface area contributed by atoms with E-state index in [1.54, 1.807) is 18.2 Å². The average molecular weight is 343 g/mol. The van der Waals surface area contributed by atoms with Crippen LogP contribution in [0.2, 0.25) is 0 Å². The van der Waals surface area contributed by atoms with Crippen molar-refractivity contribution in [2.45, 2.75) is 5.88 Å². The number of carbonyl (C=O) groups is 1. The van der Waals surface area contributed by atoms with Crippen LogP contribution in [0.1, 0.15) is 15.9 Å². The van der Waals surface area contributed by atoms with E-state index in [9.17, 15) is 9.18 Å². The topological polar surface area (TPSA) is 29.1 Å². The fourth-order valence-corrected chi connectivity index (χ4v) is 2.21. The third kappa shape index (κ3) is 3.78. The summed E-state index contributed by atoms with van der Waals surface area (Å²) in [6, 6.07) is 11.2. The molecule has 0 aliphatic rings. The maximum absolute atomic E-state index is 13.2. The van der Waals surface area contributed by atoms with Gasteiger partial charge in [0.25, 0.3) is 5.91 Å². The fourth-order valence-electron chi connectivity index (χ4n) is 1.57. The molecule has 0 saturated heterocycles. The molecule has 2 aromatic rings. The Labute approximate surface area is 123 Å². The summed E-state index contributed by atoms with van der Waals surface area (Å²) in [6.45, 7) is 0. The second-order valence-corrected chi connectivity index (χ2v) is 5.13. The summed E-state index contributed by atoms with van der Waals surface area (Å²) in [5.41, 5.74) is 1.86. The van der Waals surface area contributed by atoms with E-state index in [1.165, 1.54) is 12.1 Å². The summed E-state index contributed by atoms with van der Waals surface area (Å²) in [5.74, 6) is -0.402. The first-order valence-corrected chi connectivity index (χ1v) is 6.83. The van der Waals surface area contributed by atoms with Crippen LogP contribution >= 0.6 is 27.5 Å². The molecule has 0 fully saturated rings.